The second-order valence-corrected chi connectivity index (χ2v) is 8.37. The van der Waals surface area contributed by atoms with Gasteiger partial charge < -0.3 is 20.3 Å². The van der Waals surface area contributed by atoms with Crippen LogP contribution in [0.5, 0.6) is 0 Å². The van der Waals surface area contributed by atoms with E-state index in [-0.39, 0.29) is 17.4 Å². The summed E-state index contributed by atoms with van der Waals surface area (Å²) in [5.74, 6) is -0.353. The Morgan fingerprint density at radius 1 is 1.20 bits per heavy atom. The number of urea groups is 1. The number of amides is 2. The zero-order valence-corrected chi connectivity index (χ0v) is 19.7. The number of pyridine rings is 1. The summed E-state index contributed by atoms with van der Waals surface area (Å²) in [5, 5.41) is 5.36. The first-order valence-electron chi connectivity index (χ1n) is 11.6. The number of hydrogen-bond donors (Lipinski definition) is 2. The molecule has 1 unspecified atom stereocenters. The molecule has 1 aromatic carbocycles. The van der Waals surface area contributed by atoms with Gasteiger partial charge in [-0.25, -0.2) is 23.5 Å². The number of morpholine rings is 1. The molecule has 1 atom stereocenters. The number of ether oxygens (including phenoxy) is 1. The molecule has 3 aromatic rings. The number of anilines is 2. The molecule has 0 spiro atoms. The van der Waals surface area contributed by atoms with Gasteiger partial charge in [-0.3, -0.25) is 4.98 Å². The molecule has 1 saturated heterocycles. The van der Waals surface area contributed by atoms with Gasteiger partial charge in [0.15, 0.2) is 5.82 Å². The molecule has 1 aliphatic heterocycles. The van der Waals surface area contributed by atoms with E-state index in [0.717, 1.165) is 19.0 Å². The number of benzene rings is 1. The van der Waals surface area contributed by atoms with Crippen LogP contribution in [0.2, 0.25) is 0 Å². The van der Waals surface area contributed by atoms with Gasteiger partial charge in [-0.15, -0.1) is 0 Å². The van der Waals surface area contributed by atoms with Crippen LogP contribution < -0.4 is 15.5 Å². The summed E-state index contributed by atoms with van der Waals surface area (Å²) in [6.45, 7) is 6.26. The second kappa shape index (κ2) is 11.2. The largest absolute Gasteiger partial charge is 0.377 e. The first-order chi connectivity index (χ1) is 16.9. The van der Waals surface area contributed by atoms with Crippen LogP contribution in [0.3, 0.4) is 0 Å². The van der Waals surface area contributed by atoms with Gasteiger partial charge in [-0.05, 0) is 37.6 Å². The Balaban J connectivity index is 1.68. The lowest BCUT2D eigenvalue weighted by molar-refractivity contribution is 0.0985. The fourth-order valence-corrected chi connectivity index (χ4v) is 3.80. The van der Waals surface area contributed by atoms with Crippen molar-refractivity contribution in [2.75, 3.05) is 36.5 Å². The highest BCUT2D eigenvalue weighted by Crippen LogP contribution is 2.30. The van der Waals surface area contributed by atoms with Crippen LogP contribution in [0.4, 0.5) is 25.1 Å². The Morgan fingerprint density at radius 2 is 2.06 bits per heavy atom. The summed E-state index contributed by atoms with van der Waals surface area (Å²) in [4.78, 5) is 27.1. The molecular weight excluding hydrogens is 454 g/mol. The van der Waals surface area contributed by atoms with E-state index < -0.39 is 17.7 Å². The third-order valence-corrected chi connectivity index (χ3v) is 5.66. The van der Waals surface area contributed by atoms with Crippen molar-refractivity contribution < 1.29 is 18.3 Å². The molecule has 0 saturated carbocycles. The molecule has 8 nitrogen and oxygen atoms in total. The van der Waals surface area contributed by atoms with E-state index in [2.05, 4.69) is 30.5 Å². The van der Waals surface area contributed by atoms with Crippen molar-refractivity contribution in [1.82, 2.24) is 20.3 Å². The van der Waals surface area contributed by atoms with Crippen LogP contribution in [0, 0.1) is 11.6 Å². The fraction of sp³-hybridized carbons (Fsp3) is 0.360. The number of halogens is 2. The zero-order valence-electron chi connectivity index (χ0n) is 19.7. The Hall–Kier alpha value is -3.66. The third kappa shape index (κ3) is 6.07. The van der Waals surface area contributed by atoms with Gasteiger partial charge in [-0.1, -0.05) is 13.3 Å². The highest BCUT2D eigenvalue weighted by Gasteiger charge is 2.23. The lowest BCUT2D eigenvalue weighted by Crippen LogP contribution is -2.44. The molecule has 0 radical (unpaired) electrons. The van der Waals surface area contributed by atoms with Crippen molar-refractivity contribution >= 4 is 17.5 Å². The topological polar surface area (TPSA) is 92.3 Å². The quantitative estimate of drug-likeness (QED) is 0.477. The first kappa shape index (κ1) is 24.5. The highest BCUT2D eigenvalue weighted by atomic mass is 19.1. The summed E-state index contributed by atoms with van der Waals surface area (Å²) < 4.78 is 34.6. The normalized spacial score (nSPS) is 15.7. The molecule has 35 heavy (non-hydrogen) atoms. The van der Waals surface area contributed by atoms with Crippen molar-refractivity contribution in [3.8, 4) is 22.6 Å². The monoisotopic (exact) mass is 482 g/mol. The number of hydrogen-bond acceptors (Lipinski definition) is 6. The van der Waals surface area contributed by atoms with Gasteiger partial charge in [-0.2, -0.15) is 0 Å². The van der Waals surface area contributed by atoms with Crippen molar-refractivity contribution in [3.05, 3.63) is 54.4 Å². The predicted molar refractivity (Wildman–Crippen MR) is 130 cm³/mol. The van der Waals surface area contributed by atoms with E-state index >= 15 is 4.39 Å². The van der Waals surface area contributed by atoms with Gasteiger partial charge in [0.25, 0.3) is 0 Å². The molecule has 4 rings (SSSR count). The maximum atomic E-state index is 15.2. The van der Waals surface area contributed by atoms with Crippen LogP contribution in [0.1, 0.15) is 26.7 Å². The number of rotatable bonds is 7. The highest BCUT2D eigenvalue weighted by molar-refractivity contribution is 5.89. The van der Waals surface area contributed by atoms with Crippen molar-refractivity contribution in [3.63, 3.8) is 0 Å². The van der Waals surface area contributed by atoms with E-state index in [1.165, 1.54) is 24.4 Å². The summed E-state index contributed by atoms with van der Waals surface area (Å²) in [6.07, 6.45) is 4.43. The smallest absolute Gasteiger partial charge is 0.319 e. The second-order valence-electron chi connectivity index (χ2n) is 8.37. The van der Waals surface area contributed by atoms with Crippen molar-refractivity contribution in [2.24, 2.45) is 0 Å². The Bertz CT molecular complexity index is 1190. The van der Waals surface area contributed by atoms with Crippen LogP contribution >= 0.6 is 0 Å². The molecule has 0 bridgehead atoms. The first-order valence-corrected chi connectivity index (χ1v) is 11.6. The maximum Gasteiger partial charge on any atom is 0.319 e. The third-order valence-electron chi connectivity index (χ3n) is 5.66. The number of unbranched alkanes of at least 4 members (excludes halogenated alkanes) is 1. The summed E-state index contributed by atoms with van der Waals surface area (Å²) in [6, 6.07) is 7.06. The molecule has 184 valence electrons. The van der Waals surface area contributed by atoms with Gasteiger partial charge in [0.05, 0.1) is 36.7 Å². The minimum atomic E-state index is -0.591. The summed E-state index contributed by atoms with van der Waals surface area (Å²) in [5.41, 5.74) is 1.36. The number of carbonyl (C=O) groups excluding carboxylic acids is 1. The van der Waals surface area contributed by atoms with Gasteiger partial charge in [0.1, 0.15) is 17.5 Å². The summed E-state index contributed by atoms with van der Waals surface area (Å²) >= 11 is 0. The minimum absolute atomic E-state index is 0.0487. The average Bonchev–Trinajstić information content (AvgIpc) is 2.84. The Morgan fingerprint density at radius 3 is 2.80 bits per heavy atom. The lowest BCUT2D eigenvalue weighted by atomic mass is 10.1. The molecule has 3 heterocycles. The number of aromatic nitrogens is 3. The molecule has 2 amide bonds. The maximum absolute atomic E-state index is 15.2. The molecule has 2 aromatic heterocycles. The number of nitrogens with one attached hydrogen (secondary N) is 2. The van der Waals surface area contributed by atoms with Crippen LogP contribution in [-0.2, 0) is 4.74 Å². The molecule has 1 aliphatic rings. The lowest BCUT2D eigenvalue weighted by Gasteiger charge is -2.34. The molecular formula is C25H28F2N6O2. The van der Waals surface area contributed by atoms with E-state index in [1.807, 2.05) is 13.8 Å². The standard InChI is InChI=1S/C25H28F2N6O2/c1-3-4-7-29-25(34)30-19-5-6-20(21(27)11-19)24-31-22(17-10-18(26)14-28-13-17)12-23(32-24)33-8-9-35-15-16(33)2/h5-6,10-14,16H,3-4,7-9,15H2,1-2H3,(H2,29,30,34). The van der Waals surface area contributed by atoms with Crippen LogP contribution in [-0.4, -0.2) is 53.3 Å². The number of nitrogens with zero attached hydrogens (tertiary/aromatic N) is 4. The SMILES string of the molecule is CCCCNC(=O)Nc1ccc(-c2nc(-c3cncc(F)c3)cc(N3CCOCC3C)n2)c(F)c1. The van der Waals surface area contributed by atoms with Gasteiger partial charge in [0.2, 0.25) is 0 Å². The van der Waals surface area contributed by atoms with Gasteiger partial charge >= 0.3 is 6.03 Å². The molecule has 2 N–H and O–H groups in total. The zero-order chi connectivity index (χ0) is 24.8. The van der Waals surface area contributed by atoms with Crippen molar-refractivity contribution in [1.29, 1.82) is 0 Å². The summed E-state index contributed by atoms with van der Waals surface area (Å²) in [7, 11) is 0. The van der Waals surface area contributed by atoms with Gasteiger partial charge in [0, 0.05) is 36.6 Å². The fourth-order valence-electron chi connectivity index (χ4n) is 3.80. The molecule has 1 fully saturated rings. The van der Waals surface area contributed by atoms with Crippen LogP contribution in [0.15, 0.2) is 42.7 Å². The van der Waals surface area contributed by atoms with E-state index in [9.17, 15) is 9.18 Å². The Labute approximate surface area is 202 Å². The van der Waals surface area contributed by atoms with E-state index in [4.69, 9.17) is 4.74 Å². The average molecular weight is 483 g/mol. The Kier molecular flexibility index (Phi) is 7.81. The molecule has 0 aliphatic carbocycles. The van der Waals surface area contributed by atoms with Crippen molar-refractivity contribution in [2.45, 2.75) is 32.7 Å². The van der Waals surface area contributed by atoms with E-state index in [0.29, 0.717) is 49.1 Å². The molecule has 10 heteroatoms. The predicted octanol–water partition coefficient (Wildman–Crippen LogP) is 4.63. The van der Waals surface area contributed by atoms with Crippen LogP contribution in [0.25, 0.3) is 22.6 Å². The number of carbonyl (C=O) groups is 1. The minimum Gasteiger partial charge on any atom is -0.377 e. The van der Waals surface area contributed by atoms with E-state index in [1.54, 1.807) is 12.1 Å².